The molecule has 1 aromatic rings. The van der Waals surface area contributed by atoms with Crippen LogP contribution >= 0.6 is 11.8 Å². The van der Waals surface area contributed by atoms with Crippen molar-refractivity contribution < 1.29 is 5.11 Å². The van der Waals surface area contributed by atoms with Crippen molar-refractivity contribution in [1.29, 1.82) is 0 Å². The van der Waals surface area contributed by atoms with Crippen LogP contribution in [0.3, 0.4) is 0 Å². The second-order valence-electron chi connectivity index (χ2n) is 4.41. The molecule has 0 spiro atoms. The van der Waals surface area contributed by atoms with Gasteiger partial charge in [0.15, 0.2) is 0 Å². The number of rotatable bonds is 5. The van der Waals surface area contributed by atoms with Crippen LogP contribution in [0.4, 0.5) is 0 Å². The van der Waals surface area contributed by atoms with Crippen molar-refractivity contribution >= 4 is 11.8 Å². The summed E-state index contributed by atoms with van der Waals surface area (Å²) in [6.07, 6.45) is 2.34. The number of aliphatic hydroxyl groups is 1. The van der Waals surface area contributed by atoms with Crippen LogP contribution in [0.1, 0.15) is 32.8 Å². The Morgan fingerprint density at radius 3 is 2.27 bits per heavy atom. The van der Waals surface area contributed by atoms with Crippen molar-refractivity contribution in [3.05, 3.63) is 29.8 Å². The van der Waals surface area contributed by atoms with E-state index in [0.29, 0.717) is 0 Å². The Kier molecular flexibility index (Phi) is 4.68. The van der Waals surface area contributed by atoms with E-state index < -0.39 is 0 Å². The zero-order valence-electron chi connectivity index (χ0n) is 9.79. The fourth-order valence-electron chi connectivity index (χ4n) is 1.36. The van der Waals surface area contributed by atoms with E-state index in [2.05, 4.69) is 45.0 Å². The molecule has 15 heavy (non-hydrogen) atoms. The van der Waals surface area contributed by atoms with Gasteiger partial charge in [0, 0.05) is 9.64 Å². The highest BCUT2D eigenvalue weighted by Crippen LogP contribution is 2.31. The van der Waals surface area contributed by atoms with Gasteiger partial charge in [0.1, 0.15) is 0 Å². The normalized spacial score (nSPS) is 11.7. The first-order valence-corrected chi connectivity index (χ1v) is 6.28. The third-order valence-electron chi connectivity index (χ3n) is 2.24. The van der Waals surface area contributed by atoms with E-state index in [0.717, 1.165) is 6.42 Å². The third kappa shape index (κ3) is 4.27. The average Bonchev–Trinajstić information content (AvgIpc) is 2.21. The Morgan fingerprint density at radius 2 is 1.80 bits per heavy atom. The maximum atomic E-state index is 9.17. The second kappa shape index (κ2) is 5.57. The highest BCUT2D eigenvalue weighted by molar-refractivity contribution is 8.00. The standard InChI is InChI=1S/C13H20OS/c1-4-5-11-6-8-12(9-7-11)15-13(2,3)10-14/h6-9,14H,4-5,10H2,1-3H3. The van der Waals surface area contributed by atoms with Crippen LogP contribution in [-0.4, -0.2) is 16.5 Å². The maximum Gasteiger partial charge on any atom is 0.0576 e. The maximum absolute atomic E-state index is 9.17. The predicted octanol–water partition coefficient (Wildman–Crippen LogP) is 3.50. The van der Waals surface area contributed by atoms with E-state index in [-0.39, 0.29) is 11.4 Å². The summed E-state index contributed by atoms with van der Waals surface area (Å²) in [5.41, 5.74) is 1.39. The molecule has 0 fully saturated rings. The lowest BCUT2D eigenvalue weighted by molar-refractivity contribution is 0.265. The summed E-state index contributed by atoms with van der Waals surface area (Å²) in [6.45, 7) is 6.50. The minimum Gasteiger partial charge on any atom is -0.395 e. The molecule has 84 valence electrons. The zero-order valence-corrected chi connectivity index (χ0v) is 10.6. The molecule has 0 heterocycles. The molecule has 1 rings (SSSR count). The zero-order chi connectivity index (χ0) is 11.3. The molecule has 1 nitrogen and oxygen atoms in total. The van der Waals surface area contributed by atoms with Crippen molar-refractivity contribution in [2.24, 2.45) is 0 Å². The molecule has 1 N–H and O–H groups in total. The minimum absolute atomic E-state index is 0.0910. The van der Waals surface area contributed by atoms with E-state index in [1.54, 1.807) is 11.8 Å². The first kappa shape index (κ1) is 12.6. The smallest absolute Gasteiger partial charge is 0.0576 e. The van der Waals surface area contributed by atoms with Gasteiger partial charge in [0.2, 0.25) is 0 Å². The lowest BCUT2D eigenvalue weighted by Gasteiger charge is -2.20. The molecule has 0 unspecified atom stereocenters. The summed E-state index contributed by atoms with van der Waals surface area (Å²) in [6, 6.07) is 8.65. The molecule has 0 saturated carbocycles. The molecule has 0 aliphatic heterocycles. The molecule has 1 aromatic carbocycles. The average molecular weight is 224 g/mol. The summed E-state index contributed by atoms with van der Waals surface area (Å²) >= 11 is 1.72. The van der Waals surface area contributed by atoms with Gasteiger partial charge in [-0.1, -0.05) is 25.5 Å². The van der Waals surface area contributed by atoms with Crippen LogP contribution in [-0.2, 0) is 6.42 Å². The predicted molar refractivity (Wildman–Crippen MR) is 67.5 cm³/mol. The Balaban J connectivity index is 2.64. The fourth-order valence-corrected chi connectivity index (χ4v) is 2.34. The van der Waals surface area contributed by atoms with Crippen molar-refractivity contribution in [3.63, 3.8) is 0 Å². The Hall–Kier alpha value is -0.470. The van der Waals surface area contributed by atoms with Crippen LogP contribution in [0.2, 0.25) is 0 Å². The fraction of sp³-hybridized carbons (Fsp3) is 0.538. The molecule has 0 amide bonds. The van der Waals surface area contributed by atoms with E-state index >= 15 is 0 Å². The van der Waals surface area contributed by atoms with Gasteiger partial charge in [-0.15, -0.1) is 11.8 Å². The van der Waals surface area contributed by atoms with Gasteiger partial charge in [-0.3, -0.25) is 0 Å². The summed E-state index contributed by atoms with van der Waals surface area (Å²) in [7, 11) is 0. The van der Waals surface area contributed by atoms with E-state index in [1.807, 2.05) is 0 Å². The first-order valence-electron chi connectivity index (χ1n) is 5.46. The number of hydrogen-bond acceptors (Lipinski definition) is 2. The van der Waals surface area contributed by atoms with Crippen LogP contribution in [0, 0.1) is 0 Å². The molecule has 0 aromatic heterocycles. The number of thioether (sulfide) groups is 1. The Bertz CT molecular complexity index is 290. The monoisotopic (exact) mass is 224 g/mol. The Labute approximate surface area is 96.9 Å². The highest BCUT2D eigenvalue weighted by Gasteiger charge is 2.17. The van der Waals surface area contributed by atoms with Crippen LogP contribution < -0.4 is 0 Å². The quantitative estimate of drug-likeness (QED) is 0.772. The van der Waals surface area contributed by atoms with Gasteiger partial charge in [0.05, 0.1) is 6.61 Å². The molecular formula is C13H20OS. The molecule has 0 atom stereocenters. The summed E-state index contributed by atoms with van der Waals surface area (Å²) in [5.74, 6) is 0. The summed E-state index contributed by atoms with van der Waals surface area (Å²) < 4.78 is -0.0910. The summed E-state index contributed by atoms with van der Waals surface area (Å²) in [5, 5.41) is 9.17. The third-order valence-corrected chi connectivity index (χ3v) is 3.43. The SMILES string of the molecule is CCCc1ccc(SC(C)(C)CO)cc1. The molecule has 0 aliphatic rings. The van der Waals surface area contributed by atoms with E-state index in [1.165, 1.54) is 16.9 Å². The van der Waals surface area contributed by atoms with Crippen molar-refractivity contribution in [2.45, 2.75) is 43.3 Å². The second-order valence-corrected chi connectivity index (χ2v) is 6.19. The number of benzene rings is 1. The lowest BCUT2D eigenvalue weighted by Crippen LogP contribution is -2.19. The van der Waals surface area contributed by atoms with Gasteiger partial charge in [-0.2, -0.15) is 0 Å². The number of hydrogen-bond donors (Lipinski definition) is 1. The largest absolute Gasteiger partial charge is 0.395 e. The van der Waals surface area contributed by atoms with Gasteiger partial charge in [-0.05, 0) is 38.0 Å². The van der Waals surface area contributed by atoms with Crippen molar-refractivity contribution in [3.8, 4) is 0 Å². The van der Waals surface area contributed by atoms with E-state index in [4.69, 9.17) is 0 Å². The molecular weight excluding hydrogens is 204 g/mol. The highest BCUT2D eigenvalue weighted by atomic mass is 32.2. The molecule has 0 saturated heterocycles. The Morgan fingerprint density at radius 1 is 1.20 bits per heavy atom. The molecule has 2 heteroatoms. The summed E-state index contributed by atoms with van der Waals surface area (Å²) in [4.78, 5) is 1.23. The first-order chi connectivity index (χ1) is 7.07. The van der Waals surface area contributed by atoms with Crippen molar-refractivity contribution in [2.75, 3.05) is 6.61 Å². The number of aryl methyl sites for hydroxylation is 1. The minimum atomic E-state index is -0.0910. The number of aliphatic hydroxyl groups excluding tert-OH is 1. The van der Waals surface area contributed by atoms with Gasteiger partial charge < -0.3 is 5.11 Å². The van der Waals surface area contributed by atoms with E-state index in [9.17, 15) is 5.11 Å². The van der Waals surface area contributed by atoms with Crippen LogP contribution in [0.5, 0.6) is 0 Å². The topological polar surface area (TPSA) is 20.2 Å². The van der Waals surface area contributed by atoms with Crippen molar-refractivity contribution in [1.82, 2.24) is 0 Å². The molecule has 0 aliphatic carbocycles. The molecule has 0 radical (unpaired) electrons. The molecule has 0 bridgehead atoms. The lowest BCUT2D eigenvalue weighted by atomic mass is 10.1. The van der Waals surface area contributed by atoms with Gasteiger partial charge in [-0.25, -0.2) is 0 Å². The van der Waals surface area contributed by atoms with Crippen LogP contribution in [0.15, 0.2) is 29.2 Å². The van der Waals surface area contributed by atoms with Crippen LogP contribution in [0.25, 0.3) is 0 Å². The van der Waals surface area contributed by atoms with Gasteiger partial charge in [0.25, 0.3) is 0 Å². The van der Waals surface area contributed by atoms with Gasteiger partial charge >= 0.3 is 0 Å².